The predicted molar refractivity (Wildman–Crippen MR) is 73.3 cm³/mol. The largest absolute Gasteiger partial charge is 0.496 e. The van der Waals surface area contributed by atoms with E-state index in [1.54, 1.807) is 13.0 Å². The average molecular weight is 278 g/mol. The first kappa shape index (κ1) is 14.4. The van der Waals surface area contributed by atoms with Gasteiger partial charge in [0.05, 0.1) is 13.2 Å². The molecule has 0 aromatic heterocycles. The van der Waals surface area contributed by atoms with Crippen LogP contribution in [-0.2, 0) is 0 Å². The summed E-state index contributed by atoms with van der Waals surface area (Å²) in [5, 5.41) is 0. The van der Waals surface area contributed by atoms with Crippen LogP contribution in [0.15, 0.2) is 36.4 Å². The molecule has 0 aliphatic carbocycles. The van der Waals surface area contributed by atoms with Gasteiger partial charge in [-0.05, 0) is 48.4 Å². The van der Waals surface area contributed by atoms with E-state index in [-0.39, 0.29) is 5.82 Å². The van der Waals surface area contributed by atoms with Gasteiger partial charge < -0.3 is 4.74 Å². The number of hydrogen-bond donors (Lipinski definition) is 2. The van der Waals surface area contributed by atoms with Crippen molar-refractivity contribution in [2.75, 3.05) is 7.11 Å². The second kappa shape index (κ2) is 5.98. The zero-order valence-corrected chi connectivity index (χ0v) is 11.3. The second-order valence-corrected chi connectivity index (χ2v) is 4.55. The van der Waals surface area contributed by atoms with E-state index in [1.165, 1.54) is 37.4 Å². The molecule has 1 unspecified atom stereocenters. The van der Waals surface area contributed by atoms with E-state index in [1.807, 2.05) is 0 Å². The number of ether oxygens (including phenoxy) is 1. The van der Waals surface area contributed by atoms with Crippen LogP contribution in [0.25, 0.3) is 0 Å². The minimum atomic E-state index is -0.560. The van der Waals surface area contributed by atoms with E-state index in [0.717, 1.165) is 5.56 Å². The highest BCUT2D eigenvalue weighted by Gasteiger charge is 2.18. The highest BCUT2D eigenvalue weighted by molar-refractivity contribution is 5.42. The Morgan fingerprint density at radius 1 is 1.10 bits per heavy atom. The fourth-order valence-electron chi connectivity index (χ4n) is 2.23. The zero-order valence-electron chi connectivity index (χ0n) is 11.3. The van der Waals surface area contributed by atoms with Gasteiger partial charge in [-0.25, -0.2) is 14.2 Å². The van der Waals surface area contributed by atoms with Gasteiger partial charge in [-0.1, -0.05) is 6.07 Å². The molecular weight excluding hydrogens is 262 g/mol. The molecule has 2 aromatic rings. The van der Waals surface area contributed by atoms with E-state index in [0.29, 0.717) is 16.9 Å². The third-order valence-corrected chi connectivity index (χ3v) is 3.07. The monoisotopic (exact) mass is 278 g/mol. The number of nitrogens with two attached hydrogens (primary N) is 1. The summed E-state index contributed by atoms with van der Waals surface area (Å²) in [6.45, 7) is 1.78. The van der Waals surface area contributed by atoms with Crippen LogP contribution in [0.5, 0.6) is 5.75 Å². The van der Waals surface area contributed by atoms with E-state index < -0.39 is 11.9 Å². The normalized spacial score (nSPS) is 12.2. The number of hydrogen-bond acceptors (Lipinski definition) is 3. The summed E-state index contributed by atoms with van der Waals surface area (Å²) in [5.74, 6) is 5.27. The quantitative estimate of drug-likeness (QED) is 0.668. The van der Waals surface area contributed by atoms with E-state index in [2.05, 4.69) is 5.43 Å². The van der Waals surface area contributed by atoms with Crippen LogP contribution in [0.4, 0.5) is 8.78 Å². The molecule has 106 valence electrons. The van der Waals surface area contributed by atoms with E-state index >= 15 is 0 Å². The fourth-order valence-corrected chi connectivity index (χ4v) is 2.23. The molecule has 3 nitrogen and oxygen atoms in total. The van der Waals surface area contributed by atoms with Crippen molar-refractivity contribution in [2.45, 2.75) is 13.0 Å². The summed E-state index contributed by atoms with van der Waals surface area (Å²) in [5.41, 5.74) is 4.46. The molecule has 1 atom stereocenters. The number of benzene rings is 2. The van der Waals surface area contributed by atoms with Gasteiger partial charge in [-0.2, -0.15) is 0 Å². The minimum Gasteiger partial charge on any atom is -0.496 e. The standard InChI is InChI=1S/C15H16F2N2O/c1-9-5-10(7-12(17)6-9)15(19-18)13-8-11(16)3-4-14(13)20-2/h3-8,15,19H,18H2,1-2H3. The van der Waals surface area contributed by atoms with E-state index in [9.17, 15) is 8.78 Å². The Kier molecular flexibility index (Phi) is 4.32. The van der Waals surface area contributed by atoms with Crippen molar-refractivity contribution >= 4 is 0 Å². The van der Waals surface area contributed by atoms with Gasteiger partial charge in [0.25, 0.3) is 0 Å². The first-order valence-corrected chi connectivity index (χ1v) is 6.12. The molecular formula is C15H16F2N2O. The SMILES string of the molecule is COc1ccc(F)cc1C(NN)c1cc(C)cc(F)c1. The lowest BCUT2D eigenvalue weighted by molar-refractivity contribution is 0.402. The Labute approximate surface area is 116 Å². The topological polar surface area (TPSA) is 47.3 Å². The number of methoxy groups -OCH3 is 1. The Hall–Kier alpha value is -1.98. The van der Waals surface area contributed by atoms with Gasteiger partial charge in [-0.3, -0.25) is 5.84 Å². The smallest absolute Gasteiger partial charge is 0.124 e. The molecule has 0 bridgehead atoms. The van der Waals surface area contributed by atoms with Crippen molar-refractivity contribution in [1.29, 1.82) is 0 Å². The molecule has 0 heterocycles. The summed E-state index contributed by atoms with van der Waals surface area (Å²) in [4.78, 5) is 0. The van der Waals surface area contributed by atoms with E-state index in [4.69, 9.17) is 10.6 Å². The molecule has 0 radical (unpaired) electrons. The Morgan fingerprint density at radius 2 is 1.85 bits per heavy atom. The lowest BCUT2D eigenvalue weighted by atomic mass is 9.97. The molecule has 0 saturated heterocycles. The van der Waals surface area contributed by atoms with Crippen molar-refractivity contribution in [3.63, 3.8) is 0 Å². The molecule has 3 N–H and O–H groups in total. The van der Waals surface area contributed by atoms with Crippen molar-refractivity contribution in [1.82, 2.24) is 5.43 Å². The van der Waals surface area contributed by atoms with Crippen molar-refractivity contribution in [3.8, 4) is 5.75 Å². The number of halogens is 2. The van der Waals surface area contributed by atoms with Gasteiger partial charge >= 0.3 is 0 Å². The van der Waals surface area contributed by atoms with Gasteiger partial charge in [0, 0.05) is 5.56 Å². The zero-order chi connectivity index (χ0) is 14.7. The summed E-state index contributed by atoms with van der Waals surface area (Å²) < 4.78 is 32.2. The molecule has 0 saturated carbocycles. The molecule has 20 heavy (non-hydrogen) atoms. The number of nitrogens with one attached hydrogen (secondary N) is 1. The van der Waals surface area contributed by atoms with Gasteiger partial charge in [0.15, 0.2) is 0 Å². The third-order valence-electron chi connectivity index (χ3n) is 3.07. The Balaban J connectivity index is 2.54. The summed E-state index contributed by atoms with van der Waals surface area (Å²) in [7, 11) is 1.49. The van der Waals surface area contributed by atoms with Crippen LogP contribution in [0, 0.1) is 18.6 Å². The Morgan fingerprint density at radius 3 is 2.45 bits per heavy atom. The molecule has 0 amide bonds. The molecule has 0 aliphatic rings. The molecule has 0 spiro atoms. The summed E-state index contributed by atoms with van der Waals surface area (Å²) in [6, 6.07) is 8.15. The van der Waals surface area contributed by atoms with Crippen molar-refractivity contribution in [2.24, 2.45) is 5.84 Å². The second-order valence-electron chi connectivity index (χ2n) is 4.55. The molecule has 2 rings (SSSR count). The Bertz CT molecular complexity index is 597. The number of rotatable bonds is 4. The van der Waals surface area contributed by atoms with Crippen LogP contribution in [0.1, 0.15) is 22.7 Å². The van der Waals surface area contributed by atoms with Crippen LogP contribution in [0.3, 0.4) is 0 Å². The summed E-state index contributed by atoms with van der Waals surface area (Å²) >= 11 is 0. The van der Waals surface area contributed by atoms with Crippen molar-refractivity contribution in [3.05, 3.63) is 64.7 Å². The molecule has 2 aromatic carbocycles. The first-order chi connectivity index (χ1) is 9.55. The summed E-state index contributed by atoms with van der Waals surface area (Å²) in [6.07, 6.45) is 0. The molecule has 0 aliphatic heterocycles. The van der Waals surface area contributed by atoms with Crippen LogP contribution >= 0.6 is 0 Å². The maximum atomic E-state index is 13.5. The first-order valence-electron chi connectivity index (χ1n) is 6.12. The van der Waals surface area contributed by atoms with Gasteiger partial charge in [0.2, 0.25) is 0 Å². The highest BCUT2D eigenvalue weighted by atomic mass is 19.1. The minimum absolute atomic E-state index is 0.365. The lowest BCUT2D eigenvalue weighted by Gasteiger charge is -2.20. The van der Waals surface area contributed by atoms with Crippen LogP contribution in [0.2, 0.25) is 0 Å². The molecule has 5 heteroatoms. The lowest BCUT2D eigenvalue weighted by Crippen LogP contribution is -2.29. The van der Waals surface area contributed by atoms with Gasteiger partial charge in [-0.15, -0.1) is 0 Å². The van der Waals surface area contributed by atoms with Crippen molar-refractivity contribution < 1.29 is 13.5 Å². The fraction of sp³-hybridized carbons (Fsp3) is 0.200. The highest BCUT2D eigenvalue weighted by Crippen LogP contribution is 2.31. The maximum Gasteiger partial charge on any atom is 0.124 e. The van der Waals surface area contributed by atoms with Gasteiger partial charge in [0.1, 0.15) is 17.4 Å². The predicted octanol–water partition coefficient (Wildman–Crippen LogP) is 2.83. The van der Waals surface area contributed by atoms with Crippen LogP contribution in [-0.4, -0.2) is 7.11 Å². The number of aryl methyl sites for hydroxylation is 1. The number of hydrazine groups is 1. The average Bonchev–Trinajstić information content (AvgIpc) is 2.39. The maximum absolute atomic E-state index is 13.5. The van der Waals surface area contributed by atoms with Crippen LogP contribution < -0.4 is 16.0 Å². The molecule has 0 fully saturated rings. The third kappa shape index (κ3) is 2.95.